The molecule has 2 aliphatic rings. The maximum atomic E-state index is 12.8. The number of carbonyl (C=O) groups excluding carboxylic acids is 1. The van der Waals surface area contributed by atoms with Crippen molar-refractivity contribution in [3.8, 4) is 0 Å². The highest BCUT2D eigenvalue weighted by molar-refractivity contribution is 7.88. The summed E-state index contributed by atoms with van der Waals surface area (Å²) in [4.78, 5) is 16.9. The second kappa shape index (κ2) is 9.76. The highest BCUT2D eigenvalue weighted by Gasteiger charge is 2.34. The van der Waals surface area contributed by atoms with Gasteiger partial charge in [-0.2, -0.15) is 5.10 Å². The van der Waals surface area contributed by atoms with Crippen molar-refractivity contribution in [2.75, 3.05) is 52.7 Å². The van der Waals surface area contributed by atoms with Crippen LogP contribution in [0.3, 0.4) is 0 Å². The summed E-state index contributed by atoms with van der Waals surface area (Å²) in [5.41, 5.74) is 1.40. The average molecular weight is 442 g/mol. The minimum absolute atomic E-state index is 0.0907. The van der Waals surface area contributed by atoms with Crippen LogP contribution >= 0.6 is 0 Å². The van der Waals surface area contributed by atoms with Crippen LogP contribution in [0, 0.1) is 6.92 Å². The van der Waals surface area contributed by atoms with Gasteiger partial charge in [-0.3, -0.25) is 14.4 Å². The second-order valence-corrected chi connectivity index (χ2v) is 10.5. The quantitative estimate of drug-likeness (QED) is 0.619. The largest absolute Gasteiger partial charge is 0.381 e. The number of ether oxygens (including phenoxy) is 1. The Morgan fingerprint density at radius 2 is 1.93 bits per heavy atom. The molecule has 0 aliphatic carbocycles. The molecule has 0 saturated carbocycles. The molecule has 10 heteroatoms. The molecule has 2 aliphatic heterocycles. The molecule has 1 atom stereocenters. The third kappa shape index (κ3) is 5.60. The van der Waals surface area contributed by atoms with Gasteiger partial charge in [-0.25, -0.2) is 12.7 Å². The molecule has 0 N–H and O–H groups in total. The lowest BCUT2D eigenvalue weighted by atomic mass is 9.99. The van der Waals surface area contributed by atoms with Gasteiger partial charge in [-0.05, 0) is 38.7 Å². The van der Waals surface area contributed by atoms with Crippen LogP contribution in [0.25, 0.3) is 0 Å². The predicted molar refractivity (Wildman–Crippen MR) is 115 cm³/mol. The van der Waals surface area contributed by atoms with E-state index in [1.807, 2.05) is 14.0 Å². The Kier molecular flexibility index (Phi) is 7.54. The van der Waals surface area contributed by atoms with Crippen molar-refractivity contribution in [1.82, 2.24) is 23.9 Å². The maximum absolute atomic E-state index is 12.8. The molecule has 9 nitrogen and oxygen atoms in total. The highest BCUT2D eigenvalue weighted by atomic mass is 32.2. The number of piperidine rings is 1. The molecule has 0 aromatic carbocycles. The van der Waals surface area contributed by atoms with E-state index >= 15 is 0 Å². The van der Waals surface area contributed by atoms with Gasteiger partial charge in [0.15, 0.2) is 5.69 Å². The van der Waals surface area contributed by atoms with Gasteiger partial charge in [0.1, 0.15) is 0 Å². The second-order valence-electron chi connectivity index (χ2n) is 8.52. The summed E-state index contributed by atoms with van der Waals surface area (Å²) in [5, 5.41) is 4.30. The Hall–Kier alpha value is -1.49. The normalized spacial score (nSPS) is 21.8. The van der Waals surface area contributed by atoms with E-state index in [2.05, 4.69) is 10.00 Å². The Morgan fingerprint density at radius 3 is 2.53 bits per heavy atom. The predicted octanol–water partition coefficient (Wildman–Crippen LogP) is 0.706. The topological polar surface area (TPSA) is 88.0 Å². The monoisotopic (exact) mass is 441 g/mol. The van der Waals surface area contributed by atoms with E-state index in [-0.39, 0.29) is 11.9 Å². The number of nitrogens with zero attached hydrogens (tertiary/aromatic N) is 5. The molecule has 0 bridgehead atoms. The molecule has 0 radical (unpaired) electrons. The third-order valence-corrected chi connectivity index (χ3v) is 7.60. The number of aryl methyl sites for hydroxylation is 2. The molecule has 1 amide bonds. The fourth-order valence-corrected chi connectivity index (χ4v) is 5.30. The van der Waals surface area contributed by atoms with Crippen molar-refractivity contribution in [3.63, 3.8) is 0 Å². The van der Waals surface area contributed by atoms with Gasteiger partial charge in [0.2, 0.25) is 10.0 Å². The summed E-state index contributed by atoms with van der Waals surface area (Å²) >= 11 is 0. The number of amides is 1. The summed E-state index contributed by atoms with van der Waals surface area (Å²) in [7, 11) is 0.434. The van der Waals surface area contributed by atoms with Gasteiger partial charge in [-0.15, -0.1) is 0 Å². The molecule has 2 saturated heterocycles. The summed E-state index contributed by atoms with van der Waals surface area (Å²) < 4.78 is 33.0. The lowest BCUT2D eigenvalue weighted by molar-refractivity contribution is 0.00316. The number of hydrogen-bond acceptors (Lipinski definition) is 6. The fourth-order valence-electron chi connectivity index (χ4n) is 4.40. The Balaban J connectivity index is 1.68. The van der Waals surface area contributed by atoms with Crippen LogP contribution in [0.15, 0.2) is 6.07 Å². The van der Waals surface area contributed by atoms with Gasteiger partial charge in [0.25, 0.3) is 5.91 Å². The van der Waals surface area contributed by atoms with E-state index in [0.717, 1.165) is 44.6 Å². The van der Waals surface area contributed by atoms with Gasteiger partial charge >= 0.3 is 0 Å². The van der Waals surface area contributed by atoms with Crippen molar-refractivity contribution >= 4 is 15.9 Å². The number of aromatic nitrogens is 2. The molecule has 30 heavy (non-hydrogen) atoms. The van der Waals surface area contributed by atoms with Crippen molar-refractivity contribution in [2.45, 2.75) is 44.7 Å². The first-order chi connectivity index (χ1) is 14.2. The number of hydrogen-bond donors (Lipinski definition) is 0. The first-order valence-corrected chi connectivity index (χ1v) is 12.6. The first-order valence-electron chi connectivity index (χ1n) is 10.7. The van der Waals surface area contributed by atoms with Gasteiger partial charge in [-0.1, -0.05) is 0 Å². The van der Waals surface area contributed by atoms with Crippen LogP contribution in [0.2, 0.25) is 0 Å². The maximum Gasteiger partial charge on any atom is 0.274 e. The fraction of sp³-hybridized carbons (Fsp3) is 0.800. The molecule has 2 fully saturated rings. The van der Waals surface area contributed by atoms with Gasteiger partial charge < -0.3 is 9.64 Å². The Morgan fingerprint density at radius 1 is 1.23 bits per heavy atom. The van der Waals surface area contributed by atoms with E-state index in [1.54, 1.807) is 27.0 Å². The van der Waals surface area contributed by atoms with Crippen LogP contribution in [0.4, 0.5) is 0 Å². The lowest BCUT2D eigenvalue weighted by Crippen LogP contribution is -2.55. The van der Waals surface area contributed by atoms with Crippen molar-refractivity contribution < 1.29 is 17.9 Å². The lowest BCUT2D eigenvalue weighted by Gasteiger charge is -2.44. The molecule has 3 heterocycles. The number of rotatable bonds is 7. The van der Waals surface area contributed by atoms with Crippen LogP contribution in [-0.4, -0.2) is 103 Å². The standard InChI is InChI=1S/C20H35N5O4S/c1-16-14-19(21-23(16)3)20(26)22(2)10-11-25(17-7-12-29-13-8-17)18-6-5-9-24(15-18)30(4,27)28/h14,17-18H,5-13,15H2,1-4H3. The van der Waals surface area contributed by atoms with Crippen molar-refractivity contribution in [3.05, 3.63) is 17.5 Å². The summed E-state index contributed by atoms with van der Waals surface area (Å²) in [5.74, 6) is -0.0907. The SMILES string of the molecule is Cc1cc(C(=O)N(C)CCN(C2CCOCC2)C2CCCN(S(C)(=O)=O)C2)nn1C. The first kappa shape index (κ1) is 23.2. The molecule has 170 valence electrons. The average Bonchev–Trinajstić information content (AvgIpc) is 3.06. The third-order valence-electron chi connectivity index (χ3n) is 6.33. The Labute approximate surface area is 180 Å². The number of carbonyl (C=O) groups is 1. The van der Waals surface area contributed by atoms with E-state index in [4.69, 9.17) is 4.74 Å². The van der Waals surface area contributed by atoms with Gasteiger partial charge in [0, 0.05) is 71.3 Å². The summed E-state index contributed by atoms with van der Waals surface area (Å²) in [6.07, 6.45) is 4.99. The molecule has 3 rings (SSSR count). The van der Waals surface area contributed by atoms with E-state index in [0.29, 0.717) is 37.9 Å². The minimum atomic E-state index is -3.20. The molecular weight excluding hydrogens is 406 g/mol. The van der Waals surface area contributed by atoms with E-state index in [1.165, 1.54) is 6.26 Å². The molecule has 0 spiro atoms. The zero-order valence-electron chi connectivity index (χ0n) is 18.6. The van der Waals surface area contributed by atoms with E-state index < -0.39 is 10.0 Å². The van der Waals surface area contributed by atoms with Gasteiger partial charge in [0.05, 0.1) is 6.26 Å². The zero-order chi connectivity index (χ0) is 21.9. The number of likely N-dealkylation sites (N-methyl/N-ethyl adjacent to an activating group) is 1. The molecular formula is C20H35N5O4S. The molecule has 1 aromatic rings. The number of sulfonamides is 1. The summed E-state index contributed by atoms with van der Waals surface area (Å²) in [6.45, 7) is 5.77. The summed E-state index contributed by atoms with van der Waals surface area (Å²) in [6, 6.07) is 2.32. The minimum Gasteiger partial charge on any atom is -0.381 e. The smallest absolute Gasteiger partial charge is 0.274 e. The molecule has 1 unspecified atom stereocenters. The van der Waals surface area contributed by atoms with Crippen molar-refractivity contribution in [1.29, 1.82) is 0 Å². The van der Waals surface area contributed by atoms with Crippen LogP contribution in [0.5, 0.6) is 0 Å². The zero-order valence-corrected chi connectivity index (χ0v) is 19.4. The van der Waals surface area contributed by atoms with Crippen LogP contribution < -0.4 is 0 Å². The van der Waals surface area contributed by atoms with Crippen LogP contribution in [0.1, 0.15) is 41.9 Å². The van der Waals surface area contributed by atoms with Crippen LogP contribution in [-0.2, 0) is 21.8 Å². The Bertz CT molecular complexity index is 815. The molecule has 1 aromatic heterocycles. The highest BCUT2D eigenvalue weighted by Crippen LogP contribution is 2.24. The van der Waals surface area contributed by atoms with E-state index in [9.17, 15) is 13.2 Å². The van der Waals surface area contributed by atoms with Crippen molar-refractivity contribution in [2.24, 2.45) is 7.05 Å².